The number of rotatable bonds is 12. The second-order valence-corrected chi connectivity index (χ2v) is 9.71. The number of unbranched alkanes of at least 4 members (excludes halogenated alkanes) is 5. The van der Waals surface area contributed by atoms with E-state index >= 15 is 0 Å². The lowest BCUT2D eigenvalue weighted by Gasteiger charge is -2.08. The molecule has 2 unspecified atom stereocenters. The summed E-state index contributed by atoms with van der Waals surface area (Å²) in [6.45, 7) is 0. The Bertz CT molecular complexity index is 1280. The molecule has 0 N–H and O–H groups in total. The molecule has 0 aromatic heterocycles. The van der Waals surface area contributed by atoms with Gasteiger partial charge in [-0.05, 0) is 65.3 Å². The van der Waals surface area contributed by atoms with Crippen LogP contribution < -0.4 is 4.74 Å². The van der Waals surface area contributed by atoms with Crippen LogP contribution in [0, 0.1) is 0 Å². The van der Waals surface area contributed by atoms with Gasteiger partial charge in [0.05, 0.1) is 0 Å². The number of esters is 1. The molecule has 36 heavy (non-hydrogen) atoms. The Hall–Kier alpha value is -3.43. The highest BCUT2D eigenvalue weighted by Crippen LogP contribution is 2.41. The van der Waals surface area contributed by atoms with Crippen molar-refractivity contribution in [3.63, 3.8) is 0 Å². The van der Waals surface area contributed by atoms with E-state index in [1.807, 2.05) is 48.5 Å². The predicted molar refractivity (Wildman–Crippen MR) is 145 cm³/mol. The summed E-state index contributed by atoms with van der Waals surface area (Å²) >= 11 is 0. The van der Waals surface area contributed by atoms with Crippen LogP contribution in [-0.2, 0) is 22.4 Å². The van der Waals surface area contributed by atoms with E-state index in [1.54, 1.807) is 0 Å². The summed E-state index contributed by atoms with van der Waals surface area (Å²) < 4.78 is 11.4. The van der Waals surface area contributed by atoms with Crippen LogP contribution in [0.3, 0.4) is 0 Å². The molecule has 0 bridgehead atoms. The summed E-state index contributed by atoms with van der Waals surface area (Å²) in [5.74, 6) is 0.241. The number of fused-ring (bicyclic) bond motifs is 1. The highest BCUT2D eigenvalue weighted by molar-refractivity contribution is 5.86. The number of carbonyl (C=O) groups is 1. The Balaban J connectivity index is 1.05. The predicted octanol–water partition coefficient (Wildman–Crippen LogP) is 8.01. The third kappa shape index (κ3) is 6.41. The first-order chi connectivity index (χ1) is 17.8. The number of benzene rings is 4. The van der Waals surface area contributed by atoms with Crippen LogP contribution in [0.5, 0.6) is 5.75 Å². The van der Waals surface area contributed by atoms with Crippen LogP contribution >= 0.6 is 0 Å². The van der Waals surface area contributed by atoms with Crippen molar-refractivity contribution < 1.29 is 14.3 Å². The summed E-state index contributed by atoms with van der Waals surface area (Å²) in [4.78, 5) is 12.7. The SMILES string of the molecule is O=C(Oc1ccc2ccccc2c1)C1OC1c1ccccc1CCCCCCCCc1ccccc1. The fraction of sp³-hybridized carbons (Fsp3) is 0.303. The average molecular weight is 479 g/mol. The van der Waals surface area contributed by atoms with Gasteiger partial charge in [0.15, 0.2) is 6.10 Å². The van der Waals surface area contributed by atoms with Crippen molar-refractivity contribution in [1.29, 1.82) is 0 Å². The van der Waals surface area contributed by atoms with Crippen LogP contribution in [0.2, 0.25) is 0 Å². The molecule has 184 valence electrons. The maximum atomic E-state index is 12.7. The van der Waals surface area contributed by atoms with E-state index in [0.29, 0.717) is 5.75 Å². The summed E-state index contributed by atoms with van der Waals surface area (Å²) in [7, 11) is 0. The Labute approximate surface area is 214 Å². The van der Waals surface area contributed by atoms with E-state index in [0.717, 1.165) is 29.2 Å². The largest absolute Gasteiger partial charge is 0.425 e. The number of ether oxygens (including phenoxy) is 2. The standard InChI is InChI=1S/C33H34O3/c34-33(35-29-23-22-26-17-10-11-20-28(26)24-29)32-31(36-32)30-21-13-12-19-27(30)18-9-4-2-1-3-6-14-25-15-7-5-8-16-25/h5,7-8,10-13,15-17,19-24,31-32H,1-4,6,9,14,18H2. The van der Waals surface area contributed by atoms with Gasteiger partial charge in [0, 0.05) is 0 Å². The first kappa shape index (κ1) is 24.3. The van der Waals surface area contributed by atoms with E-state index in [4.69, 9.17) is 9.47 Å². The number of epoxide rings is 1. The molecule has 1 fully saturated rings. The molecule has 1 aliphatic rings. The molecule has 3 nitrogen and oxygen atoms in total. The molecule has 0 amide bonds. The van der Waals surface area contributed by atoms with Gasteiger partial charge in [-0.2, -0.15) is 0 Å². The van der Waals surface area contributed by atoms with Crippen LogP contribution in [0.1, 0.15) is 61.3 Å². The summed E-state index contributed by atoms with van der Waals surface area (Å²) in [6, 6.07) is 32.9. The molecule has 0 saturated carbocycles. The topological polar surface area (TPSA) is 38.8 Å². The molecule has 1 aliphatic heterocycles. The van der Waals surface area contributed by atoms with Gasteiger partial charge in [-0.25, -0.2) is 4.79 Å². The van der Waals surface area contributed by atoms with Crippen LogP contribution in [-0.4, -0.2) is 12.1 Å². The van der Waals surface area contributed by atoms with Gasteiger partial charge >= 0.3 is 5.97 Å². The molecule has 0 radical (unpaired) electrons. The zero-order valence-corrected chi connectivity index (χ0v) is 20.8. The fourth-order valence-electron chi connectivity index (χ4n) is 4.97. The molecular formula is C33H34O3. The molecular weight excluding hydrogens is 444 g/mol. The van der Waals surface area contributed by atoms with Crippen molar-refractivity contribution in [1.82, 2.24) is 0 Å². The van der Waals surface area contributed by atoms with Gasteiger partial charge in [0.2, 0.25) is 0 Å². The van der Waals surface area contributed by atoms with Gasteiger partial charge in [-0.3, -0.25) is 0 Å². The smallest absolute Gasteiger partial charge is 0.343 e. The fourth-order valence-corrected chi connectivity index (χ4v) is 4.97. The molecule has 1 heterocycles. The normalized spacial score (nSPS) is 16.7. The molecule has 4 aromatic rings. The minimum atomic E-state index is -0.526. The lowest BCUT2D eigenvalue weighted by atomic mass is 9.97. The number of hydrogen-bond acceptors (Lipinski definition) is 3. The average Bonchev–Trinajstić information content (AvgIpc) is 3.72. The summed E-state index contributed by atoms with van der Waals surface area (Å²) in [6.07, 6.45) is 9.00. The monoisotopic (exact) mass is 478 g/mol. The van der Waals surface area contributed by atoms with Crippen LogP contribution in [0.15, 0.2) is 97.1 Å². The Morgan fingerprint density at radius 3 is 2.17 bits per heavy atom. The van der Waals surface area contributed by atoms with E-state index < -0.39 is 6.10 Å². The van der Waals surface area contributed by atoms with Crippen LogP contribution in [0.25, 0.3) is 10.8 Å². The maximum Gasteiger partial charge on any atom is 0.343 e. The molecule has 4 aromatic carbocycles. The second-order valence-electron chi connectivity index (χ2n) is 9.71. The highest BCUT2D eigenvalue weighted by Gasteiger charge is 2.48. The quantitative estimate of drug-likeness (QED) is 0.0896. The first-order valence-electron chi connectivity index (χ1n) is 13.3. The van der Waals surface area contributed by atoms with Gasteiger partial charge in [0.1, 0.15) is 11.9 Å². The second kappa shape index (κ2) is 12.0. The number of carbonyl (C=O) groups excluding carboxylic acids is 1. The molecule has 0 aliphatic carbocycles. The molecule has 2 atom stereocenters. The lowest BCUT2D eigenvalue weighted by molar-refractivity contribution is -0.135. The van der Waals surface area contributed by atoms with Crippen molar-refractivity contribution in [3.05, 3.63) is 114 Å². The highest BCUT2D eigenvalue weighted by atomic mass is 16.6. The van der Waals surface area contributed by atoms with E-state index in [-0.39, 0.29) is 12.1 Å². The van der Waals surface area contributed by atoms with E-state index in [1.165, 1.54) is 49.7 Å². The maximum absolute atomic E-state index is 12.7. The summed E-state index contributed by atoms with van der Waals surface area (Å²) in [5, 5.41) is 2.18. The van der Waals surface area contributed by atoms with Crippen molar-refractivity contribution in [2.24, 2.45) is 0 Å². The van der Waals surface area contributed by atoms with Crippen molar-refractivity contribution >= 4 is 16.7 Å². The minimum Gasteiger partial charge on any atom is -0.425 e. The van der Waals surface area contributed by atoms with Gasteiger partial charge in [0.25, 0.3) is 0 Å². The lowest BCUT2D eigenvalue weighted by Crippen LogP contribution is -2.15. The molecule has 0 spiro atoms. The first-order valence-corrected chi connectivity index (χ1v) is 13.3. The van der Waals surface area contributed by atoms with Crippen LogP contribution in [0.4, 0.5) is 0 Å². The van der Waals surface area contributed by atoms with Crippen molar-refractivity contribution in [3.8, 4) is 5.75 Å². The molecule has 5 rings (SSSR count). The van der Waals surface area contributed by atoms with E-state index in [2.05, 4.69) is 48.5 Å². The Morgan fingerprint density at radius 1 is 0.667 bits per heavy atom. The molecule has 1 saturated heterocycles. The molecule has 3 heteroatoms. The third-order valence-corrected chi connectivity index (χ3v) is 7.03. The third-order valence-electron chi connectivity index (χ3n) is 7.03. The van der Waals surface area contributed by atoms with Crippen molar-refractivity contribution in [2.75, 3.05) is 0 Å². The van der Waals surface area contributed by atoms with Crippen molar-refractivity contribution in [2.45, 2.75) is 63.6 Å². The van der Waals surface area contributed by atoms with Gasteiger partial charge < -0.3 is 9.47 Å². The Kier molecular flexibility index (Phi) is 8.10. The Morgan fingerprint density at radius 2 is 1.33 bits per heavy atom. The number of hydrogen-bond donors (Lipinski definition) is 0. The minimum absolute atomic E-state index is 0.202. The number of aryl methyl sites for hydroxylation is 2. The van der Waals surface area contributed by atoms with E-state index in [9.17, 15) is 4.79 Å². The zero-order valence-electron chi connectivity index (χ0n) is 20.8. The van der Waals surface area contributed by atoms with Gasteiger partial charge in [-0.1, -0.05) is 111 Å². The summed E-state index contributed by atoms with van der Waals surface area (Å²) in [5.41, 5.74) is 3.85. The van der Waals surface area contributed by atoms with Gasteiger partial charge in [-0.15, -0.1) is 0 Å². The zero-order chi connectivity index (χ0) is 24.6.